The number of hydrogen-bond acceptors (Lipinski definition) is 3. The van der Waals surface area contributed by atoms with Gasteiger partial charge in [0.05, 0.1) is 6.54 Å². The van der Waals surface area contributed by atoms with Crippen LogP contribution in [-0.2, 0) is 22.6 Å². The molecule has 4 rings (SSSR count). The number of rotatable bonds is 6. The Labute approximate surface area is 159 Å². The molecule has 0 radical (unpaired) electrons. The molecule has 1 N–H and O–H groups in total. The van der Waals surface area contributed by atoms with Crippen LogP contribution in [0.25, 0.3) is 11.1 Å². The van der Waals surface area contributed by atoms with Crippen LogP contribution in [0.2, 0.25) is 0 Å². The Morgan fingerprint density at radius 1 is 1.07 bits per heavy atom. The van der Waals surface area contributed by atoms with Crippen molar-refractivity contribution < 1.29 is 9.53 Å². The molecule has 3 aromatic rings. The van der Waals surface area contributed by atoms with Gasteiger partial charge in [0.2, 0.25) is 0 Å². The Hall–Kier alpha value is -2.92. The van der Waals surface area contributed by atoms with Gasteiger partial charge in [-0.1, -0.05) is 54.6 Å². The molecule has 0 spiro atoms. The van der Waals surface area contributed by atoms with Crippen LogP contribution in [-0.4, -0.2) is 33.5 Å². The number of carbonyl (C=O) groups is 1. The van der Waals surface area contributed by atoms with Crippen LogP contribution >= 0.6 is 0 Å². The SMILES string of the molecule is O=C([C@@H]1CCCO1)N(Cc1ccc(-c2ccccc2)cc1)Cc1ncc[nH]1. The summed E-state index contributed by atoms with van der Waals surface area (Å²) in [6, 6.07) is 18.7. The highest BCUT2D eigenvalue weighted by atomic mass is 16.5. The van der Waals surface area contributed by atoms with Gasteiger partial charge in [-0.2, -0.15) is 0 Å². The molecule has 0 saturated carbocycles. The van der Waals surface area contributed by atoms with Gasteiger partial charge in [-0.25, -0.2) is 4.98 Å². The van der Waals surface area contributed by atoms with Gasteiger partial charge >= 0.3 is 0 Å². The first-order valence-electron chi connectivity index (χ1n) is 9.32. The van der Waals surface area contributed by atoms with Crippen LogP contribution in [0.4, 0.5) is 0 Å². The Morgan fingerprint density at radius 3 is 2.52 bits per heavy atom. The highest BCUT2D eigenvalue weighted by Crippen LogP contribution is 2.21. The number of nitrogens with zero attached hydrogens (tertiary/aromatic N) is 2. The molecule has 1 aromatic heterocycles. The van der Waals surface area contributed by atoms with Gasteiger partial charge in [-0.3, -0.25) is 4.79 Å². The van der Waals surface area contributed by atoms with Gasteiger partial charge in [0.1, 0.15) is 11.9 Å². The number of nitrogens with one attached hydrogen (secondary N) is 1. The second-order valence-corrected chi connectivity index (χ2v) is 6.79. The van der Waals surface area contributed by atoms with Crippen molar-refractivity contribution in [2.45, 2.75) is 32.0 Å². The van der Waals surface area contributed by atoms with Crippen molar-refractivity contribution in [1.29, 1.82) is 0 Å². The fourth-order valence-corrected chi connectivity index (χ4v) is 3.41. The Morgan fingerprint density at radius 2 is 1.85 bits per heavy atom. The summed E-state index contributed by atoms with van der Waals surface area (Å²) in [6.45, 7) is 1.65. The predicted molar refractivity (Wildman–Crippen MR) is 104 cm³/mol. The number of benzene rings is 2. The predicted octanol–water partition coefficient (Wildman–Crippen LogP) is 3.78. The molecule has 138 valence electrons. The summed E-state index contributed by atoms with van der Waals surface area (Å²) in [6.07, 6.45) is 4.89. The van der Waals surface area contributed by atoms with E-state index in [0.717, 1.165) is 24.2 Å². The van der Waals surface area contributed by atoms with Crippen molar-refractivity contribution in [3.8, 4) is 11.1 Å². The fraction of sp³-hybridized carbons (Fsp3) is 0.273. The minimum absolute atomic E-state index is 0.0380. The lowest BCUT2D eigenvalue weighted by atomic mass is 10.0. The number of H-pyrrole nitrogens is 1. The topological polar surface area (TPSA) is 58.2 Å². The lowest BCUT2D eigenvalue weighted by molar-refractivity contribution is -0.142. The third-order valence-electron chi connectivity index (χ3n) is 4.85. The number of aromatic nitrogens is 2. The van der Waals surface area contributed by atoms with Gasteiger partial charge < -0.3 is 14.6 Å². The lowest BCUT2D eigenvalue weighted by Crippen LogP contribution is -2.38. The minimum Gasteiger partial charge on any atom is -0.368 e. The molecule has 27 heavy (non-hydrogen) atoms. The van der Waals surface area contributed by atoms with Crippen LogP contribution in [0.5, 0.6) is 0 Å². The molecule has 0 bridgehead atoms. The third-order valence-corrected chi connectivity index (χ3v) is 4.85. The maximum Gasteiger partial charge on any atom is 0.252 e. The molecule has 1 saturated heterocycles. The van der Waals surface area contributed by atoms with Crippen molar-refractivity contribution in [3.05, 3.63) is 78.4 Å². The highest BCUT2D eigenvalue weighted by Gasteiger charge is 2.28. The molecular weight excluding hydrogens is 338 g/mol. The van der Waals surface area contributed by atoms with E-state index in [4.69, 9.17) is 4.74 Å². The highest BCUT2D eigenvalue weighted by molar-refractivity contribution is 5.81. The lowest BCUT2D eigenvalue weighted by Gasteiger charge is -2.24. The monoisotopic (exact) mass is 361 g/mol. The molecule has 1 aliphatic heterocycles. The standard InChI is InChI=1S/C22H23N3O2/c26-22(20-7-4-14-27-20)25(16-21-23-12-13-24-21)15-17-8-10-19(11-9-17)18-5-2-1-3-6-18/h1-3,5-6,8-13,20H,4,7,14-16H2,(H,23,24)/t20-/m0/s1. The van der Waals surface area contributed by atoms with Crippen molar-refractivity contribution in [3.63, 3.8) is 0 Å². The molecular formula is C22H23N3O2. The van der Waals surface area contributed by atoms with E-state index in [1.54, 1.807) is 12.4 Å². The van der Waals surface area contributed by atoms with E-state index < -0.39 is 0 Å². The van der Waals surface area contributed by atoms with Gasteiger partial charge in [0, 0.05) is 25.5 Å². The largest absolute Gasteiger partial charge is 0.368 e. The molecule has 1 atom stereocenters. The maximum atomic E-state index is 12.9. The number of carbonyl (C=O) groups excluding carboxylic acids is 1. The third kappa shape index (κ3) is 4.26. The van der Waals surface area contributed by atoms with Crippen LogP contribution in [0, 0.1) is 0 Å². The first-order chi connectivity index (χ1) is 13.3. The number of aromatic amines is 1. The Balaban J connectivity index is 1.51. The van der Waals surface area contributed by atoms with Gasteiger partial charge in [0.15, 0.2) is 0 Å². The van der Waals surface area contributed by atoms with Crippen LogP contribution < -0.4 is 0 Å². The van der Waals surface area contributed by atoms with Crippen molar-refractivity contribution in [2.24, 2.45) is 0 Å². The van der Waals surface area contributed by atoms with E-state index in [-0.39, 0.29) is 12.0 Å². The van der Waals surface area contributed by atoms with Gasteiger partial charge in [-0.15, -0.1) is 0 Å². The van der Waals surface area contributed by atoms with E-state index in [9.17, 15) is 4.79 Å². The van der Waals surface area contributed by atoms with E-state index in [1.165, 1.54) is 11.1 Å². The zero-order valence-electron chi connectivity index (χ0n) is 15.2. The Kier molecular flexibility index (Phi) is 5.30. The summed E-state index contributed by atoms with van der Waals surface area (Å²) >= 11 is 0. The summed E-state index contributed by atoms with van der Waals surface area (Å²) < 4.78 is 5.61. The molecule has 5 heteroatoms. The number of hydrogen-bond donors (Lipinski definition) is 1. The number of imidazole rings is 1. The molecule has 2 aromatic carbocycles. The first kappa shape index (κ1) is 17.5. The normalized spacial score (nSPS) is 16.4. The van der Waals surface area contributed by atoms with E-state index >= 15 is 0 Å². The number of amides is 1. The smallest absolute Gasteiger partial charge is 0.252 e. The summed E-state index contributed by atoms with van der Waals surface area (Å²) in [7, 11) is 0. The van der Waals surface area contributed by atoms with Crippen LogP contribution in [0.15, 0.2) is 67.0 Å². The molecule has 1 fully saturated rings. The first-order valence-corrected chi connectivity index (χ1v) is 9.32. The number of ether oxygens (including phenoxy) is 1. The van der Waals surface area contributed by atoms with E-state index in [2.05, 4.69) is 46.4 Å². The zero-order valence-corrected chi connectivity index (χ0v) is 15.2. The molecule has 0 aliphatic carbocycles. The van der Waals surface area contributed by atoms with Gasteiger partial charge in [-0.05, 0) is 29.5 Å². The summed E-state index contributed by atoms with van der Waals surface area (Å²) in [5, 5.41) is 0. The Bertz CT molecular complexity index is 854. The maximum absolute atomic E-state index is 12.9. The fourth-order valence-electron chi connectivity index (χ4n) is 3.41. The summed E-state index contributed by atoms with van der Waals surface area (Å²) in [4.78, 5) is 22.1. The zero-order chi connectivity index (χ0) is 18.5. The molecule has 2 heterocycles. The molecule has 5 nitrogen and oxygen atoms in total. The average Bonchev–Trinajstić information content (AvgIpc) is 3.42. The summed E-state index contributed by atoms with van der Waals surface area (Å²) in [5.74, 6) is 0.818. The second-order valence-electron chi connectivity index (χ2n) is 6.79. The van der Waals surface area contributed by atoms with Gasteiger partial charge in [0.25, 0.3) is 5.91 Å². The average molecular weight is 361 g/mol. The van der Waals surface area contributed by atoms with Crippen LogP contribution in [0.1, 0.15) is 24.2 Å². The quantitative estimate of drug-likeness (QED) is 0.727. The van der Waals surface area contributed by atoms with Crippen LogP contribution in [0.3, 0.4) is 0 Å². The molecule has 1 aliphatic rings. The summed E-state index contributed by atoms with van der Waals surface area (Å²) in [5.41, 5.74) is 3.45. The van der Waals surface area contributed by atoms with Crippen molar-refractivity contribution >= 4 is 5.91 Å². The van der Waals surface area contributed by atoms with E-state index in [1.807, 2.05) is 23.1 Å². The molecule has 0 unspecified atom stereocenters. The minimum atomic E-state index is -0.330. The van der Waals surface area contributed by atoms with Crippen molar-refractivity contribution in [1.82, 2.24) is 14.9 Å². The second kappa shape index (κ2) is 8.18. The molecule has 1 amide bonds. The van der Waals surface area contributed by atoms with E-state index in [0.29, 0.717) is 19.7 Å². The van der Waals surface area contributed by atoms with Crippen molar-refractivity contribution in [2.75, 3.05) is 6.61 Å².